The summed E-state index contributed by atoms with van der Waals surface area (Å²) in [6.45, 7) is 6.36. The average molecular weight is 317 g/mol. The van der Waals surface area contributed by atoms with Gasteiger partial charge in [-0.1, -0.05) is 0 Å². The Morgan fingerprint density at radius 2 is 2.09 bits per heavy atom. The van der Waals surface area contributed by atoms with Gasteiger partial charge in [0.05, 0.1) is 22.8 Å². The summed E-state index contributed by atoms with van der Waals surface area (Å²) < 4.78 is 5.33. The first-order valence-electron chi connectivity index (χ1n) is 7.88. The van der Waals surface area contributed by atoms with Crippen LogP contribution in [-0.2, 0) is 10.3 Å². The molecule has 1 aromatic heterocycles. The fraction of sp³-hybridized carbons (Fsp3) is 0.625. The third-order valence-corrected chi connectivity index (χ3v) is 3.95. The first kappa shape index (κ1) is 15.7. The first-order valence-corrected chi connectivity index (χ1v) is 7.88. The average Bonchev–Trinajstić information content (AvgIpc) is 3.09. The Bertz CT molecular complexity index is 616. The number of nitrogens with one attached hydrogen (secondary N) is 1. The second kappa shape index (κ2) is 5.47. The smallest absolute Gasteiger partial charge is 0.408 e. The van der Waals surface area contributed by atoms with Gasteiger partial charge in [0.25, 0.3) is 0 Å². The van der Waals surface area contributed by atoms with E-state index in [4.69, 9.17) is 4.74 Å². The maximum Gasteiger partial charge on any atom is 0.408 e. The van der Waals surface area contributed by atoms with Crippen LogP contribution in [0, 0.1) is 0 Å². The molecule has 1 amide bonds. The number of likely N-dealkylation sites (N-methyl/N-ethyl adjacent to an activating group) is 1. The summed E-state index contributed by atoms with van der Waals surface area (Å²) >= 11 is 0. The van der Waals surface area contributed by atoms with Crippen molar-refractivity contribution in [2.24, 2.45) is 5.10 Å². The van der Waals surface area contributed by atoms with Gasteiger partial charge >= 0.3 is 6.09 Å². The second-order valence-electron chi connectivity index (χ2n) is 7.26. The minimum absolute atomic E-state index is 0.176. The van der Waals surface area contributed by atoms with Gasteiger partial charge in [0.2, 0.25) is 0 Å². The number of hydrogen-bond donors (Lipinski definition) is 1. The zero-order chi connectivity index (χ0) is 16.7. The van der Waals surface area contributed by atoms with Crippen molar-refractivity contribution in [2.75, 3.05) is 13.6 Å². The lowest BCUT2D eigenvalue weighted by Gasteiger charge is -2.23. The van der Waals surface area contributed by atoms with Gasteiger partial charge in [-0.2, -0.15) is 15.3 Å². The molecule has 7 nitrogen and oxygen atoms in total. The van der Waals surface area contributed by atoms with Crippen molar-refractivity contribution < 1.29 is 9.53 Å². The van der Waals surface area contributed by atoms with Crippen molar-refractivity contribution >= 4 is 12.3 Å². The molecule has 1 N–H and O–H groups in total. The van der Waals surface area contributed by atoms with Crippen LogP contribution in [0.2, 0.25) is 0 Å². The van der Waals surface area contributed by atoms with E-state index in [1.165, 1.54) is 0 Å². The van der Waals surface area contributed by atoms with Crippen LogP contribution in [0.1, 0.15) is 50.9 Å². The van der Waals surface area contributed by atoms with Gasteiger partial charge in [0.15, 0.2) is 0 Å². The highest BCUT2D eigenvalue weighted by molar-refractivity contribution is 5.70. The number of amides is 1. The molecule has 0 radical (unpaired) electrons. The van der Waals surface area contributed by atoms with E-state index in [0.717, 1.165) is 30.8 Å². The Hall–Kier alpha value is -2.18. The molecule has 1 saturated carbocycles. The van der Waals surface area contributed by atoms with Crippen molar-refractivity contribution in [1.82, 2.24) is 20.5 Å². The standard InChI is InChI=1S/C16H23N5O2/c1-15(2,3)23-14(22)18-16(7-8-16)13-6-5-12(19-20-13)11-9-17-21(4)10-11/h5-6,9,11H,7-8,10H2,1-4H3,(H,18,22). The van der Waals surface area contributed by atoms with Crippen LogP contribution in [0.3, 0.4) is 0 Å². The fourth-order valence-electron chi connectivity index (χ4n) is 2.61. The summed E-state index contributed by atoms with van der Waals surface area (Å²) in [5.74, 6) is 0.176. The monoisotopic (exact) mass is 317 g/mol. The highest BCUT2D eigenvalue weighted by Crippen LogP contribution is 2.44. The van der Waals surface area contributed by atoms with Gasteiger partial charge in [-0.3, -0.25) is 5.01 Å². The zero-order valence-electron chi connectivity index (χ0n) is 14.0. The first-order chi connectivity index (χ1) is 10.8. The Kier molecular flexibility index (Phi) is 3.74. The van der Waals surface area contributed by atoms with Gasteiger partial charge in [-0.05, 0) is 45.7 Å². The molecule has 3 rings (SSSR count). The van der Waals surface area contributed by atoms with E-state index in [9.17, 15) is 4.79 Å². The Labute approximate surface area is 136 Å². The molecule has 1 atom stereocenters. The fourth-order valence-corrected chi connectivity index (χ4v) is 2.61. The lowest BCUT2D eigenvalue weighted by Crippen LogP contribution is -2.39. The van der Waals surface area contributed by atoms with Crippen LogP contribution >= 0.6 is 0 Å². The number of hydrogen-bond acceptors (Lipinski definition) is 6. The summed E-state index contributed by atoms with van der Waals surface area (Å²) in [7, 11) is 1.93. The van der Waals surface area contributed by atoms with Crippen molar-refractivity contribution in [3.8, 4) is 0 Å². The molecule has 1 aromatic rings. The largest absolute Gasteiger partial charge is 0.444 e. The molecule has 1 aliphatic carbocycles. The molecule has 1 aliphatic heterocycles. The number of hydrazone groups is 1. The van der Waals surface area contributed by atoms with E-state index in [1.54, 1.807) is 0 Å². The Balaban J connectivity index is 1.67. The van der Waals surface area contributed by atoms with Crippen molar-refractivity contribution in [2.45, 2.75) is 50.7 Å². The van der Waals surface area contributed by atoms with Crippen LogP contribution in [0.4, 0.5) is 4.79 Å². The van der Waals surface area contributed by atoms with Crippen molar-refractivity contribution in [1.29, 1.82) is 0 Å². The summed E-state index contributed by atoms with van der Waals surface area (Å²) in [5.41, 5.74) is 0.753. The highest BCUT2D eigenvalue weighted by atomic mass is 16.6. The van der Waals surface area contributed by atoms with Crippen LogP contribution in [0.25, 0.3) is 0 Å². The van der Waals surface area contributed by atoms with Crippen LogP contribution in [0.15, 0.2) is 17.2 Å². The molecule has 0 aromatic carbocycles. The van der Waals surface area contributed by atoms with Crippen molar-refractivity contribution in [3.05, 3.63) is 23.5 Å². The molecule has 124 valence electrons. The van der Waals surface area contributed by atoms with Gasteiger partial charge in [0, 0.05) is 19.8 Å². The van der Waals surface area contributed by atoms with Crippen LogP contribution in [0.5, 0.6) is 0 Å². The SMILES string of the molecule is CN1CC(c2ccc(C3(NC(=O)OC(C)(C)C)CC3)nn2)C=N1. The minimum atomic E-state index is -0.510. The Morgan fingerprint density at radius 3 is 2.57 bits per heavy atom. The molecule has 1 fully saturated rings. The summed E-state index contributed by atoms with van der Waals surface area (Å²) in [6, 6.07) is 3.91. The lowest BCUT2D eigenvalue weighted by atomic mass is 10.1. The molecular weight excluding hydrogens is 294 g/mol. The summed E-state index contributed by atoms with van der Waals surface area (Å²) in [5, 5.41) is 17.7. The van der Waals surface area contributed by atoms with E-state index in [-0.39, 0.29) is 5.92 Å². The predicted molar refractivity (Wildman–Crippen MR) is 86.2 cm³/mol. The summed E-state index contributed by atoms with van der Waals surface area (Å²) in [6.07, 6.45) is 3.18. The maximum atomic E-state index is 12.0. The molecule has 0 bridgehead atoms. The number of nitrogens with zero attached hydrogens (tertiary/aromatic N) is 4. The van der Waals surface area contributed by atoms with E-state index in [2.05, 4.69) is 20.6 Å². The molecule has 0 saturated heterocycles. The number of alkyl carbamates (subject to hydrolysis) is 1. The summed E-state index contributed by atoms with van der Waals surface area (Å²) in [4.78, 5) is 12.0. The molecule has 7 heteroatoms. The number of carbonyl (C=O) groups is 1. The van der Waals surface area contributed by atoms with Gasteiger partial charge in [-0.25, -0.2) is 4.79 Å². The molecule has 0 spiro atoms. The van der Waals surface area contributed by atoms with Gasteiger partial charge in [-0.15, -0.1) is 0 Å². The van der Waals surface area contributed by atoms with E-state index in [1.807, 2.05) is 51.2 Å². The molecular formula is C16H23N5O2. The lowest BCUT2D eigenvalue weighted by molar-refractivity contribution is 0.0493. The van der Waals surface area contributed by atoms with Crippen LogP contribution in [-0.4, -0.2) is 46.7 Å². The third kappa shape index (κ3) is 3.60. The third-order valence-electron chi connectivity index (χ3n) is 3.95. The van der Waals surface area contributed by atoms with Gasteiger partial charge in [0.1, 0.15) is 5.60 Å². The predicted octanol–water partition coefficient (Wildman–Crippen LogP) is 2.01. The van der Waals surface area contributed by atoms with E-state index >= 15 is 0 Å². The number of rotatable bonds is 3. The number of aromatic nitrogens is 2. The Morgan fingerprint density at radius 1 is 1.35 bits per heavy atom. The van der Waals surface area contributed by atoms with E-state index in [0.29, 0.717) is 0 Å². The number of ether oxygens (including phenoxy) is 1. The van der Waals surface area contributed by atoms with Gasteiger partial charge < -0.3 is 10.1 Å². The zero-order valence-corrected chi connectivity index (χ0v) is 14.0. The minimum Gasteiger partial charge on any atom is -0.444 e. The highest BCUT2D eigenvalue weighted by Gasteiger charge is 2.48. The normalized spacial score (nSPS) is 22.1. The molecule has 23 heavy (non-hydrogen) atoms. The van der Waals surface area contributed by atoms with Crippen molar-refractivity contribution in [3.63, 3.8) is 0 Å². The number of carbonyl (C=O) groups excluding carboxylic acids is 1. The molecule has 1 unspecified atom stereocenters. The topological polar surface area (TPSA) is 79.7 Å². The molecule has 2 heterocycles. The maximum absolute atomic E-state index is 12.0. The quantitative estimate of drug-likeness (QED) is 0.922. The van der Waals surface area contributed by atoms with E-state index < -0.39 is 17.2 Å². The van der Waals surface area contributed by atoms with Crippen LogP contribution < -0.4 is 5.32 Å². The second-order valence-corrected chi connectivity index (χ2v) is 7.26. The molecule has 2 aliphatic rings.